The van der Waals surface area contributed by atoms with Gasteiger partial charge in [0.25, 0.3) is 0 Å². The van der Waals surface area contributed by atoms with E-state index in [4.69, 9.17) is 33.2 Å². The Hall–Kier alpha value is -1.34. The minimum Gasteiger partial charge on any atom is -0.456 e. The van der Waals surface area contributed by atoms with Gasteiger partial charge in [0.05, 0.1) is 11.6 Å². The Kier molecular flexibility index (Phi) is 4.03. The topological polar surface area (TPSA) is 33.0 Å². The van der Waals surface area contributed by atoms with Gasteiger partial charge in [0.2, 0.25) is 0 Å². The van der Waals surface area contributed by atoms with Crippen LogP contribution in [0.3, 0.4) is 0 Å². The molecule has 0 amide bonds. The van der Waals surface area contributed by atoms with Crippen LogP contribution in [0.5, 0.6) is 11.5 Å². The van der Waals surface area contributed by atoms with E-state index in [-0.39, 0.29) is 0 Å². The molecular formula is C13H7Cl2NOS. The highest BCUT2D eigenvalue weighted by atomic mass is 35.5. The minimum absolute atomic E-state index is 0.492. The van der Waals surface area contributed by atoms with Crippen molar-refractivity contribution < 1.29 is 4.74 Å². The van der Waals surface area contributed by atoms with E-state index in [9.17, 15) is 0 Å². The Morgan fingerprint density at radius 2 is 1.72 bits per heavy atom. The number of hydrogen-bond acceptors (Lipinski definition) is 3. The molecule has 2 aromatic carbocycles. The maximum atomic E-state index is 8.76. The first-order valence-electron chi connectivity index (χ1n) is 4.95. The molecule has 18 heavy (non-hydrogen) atoms. The van der Waals surface area contributed by atoms with E-state index in [1.807, 2.05) is 6.07 Å². The van der Waals surface area contributed by atoms with Crippen LogP contribution in [0.4, 0.5) is 0 Å². The van der Waals surface area contributed by atoms with Gasteiger partial charge in [0, 0.05) is 14.9 Å². The van der Waals surface area contributed by atoms with Gasteiger partial charge in [-0.2, -0.15) is 5.26 Å². The van der Waals surface area contributed by atoms with E-state index in [0.717, 1.165) is 0 Å². The van der Waals surface area contributed by atoms with Crippen LogP contribution < -0.4 is 4.74 Å². The molecule has 0 radical (unpaired) electrons. The molecule has 0 aliphatic heterocycles. The second kappa shape index (κ2) is 5.53. The second-order valence-electron chi connectivity index (χ2n) is 3.50. The highest BCUT2D eigenvalue weighted by Crippen LogP contribution is 2.32. The largest absolute Gasteiger partial charge is 0.456 e. The van der Waals surface area contributed by atoms with Crippen molar-refractivity contribution in [1.29, 1.82) is 5.26 Å². The first-order chi connectivity index (χ1) is 8.58. The van der Waals surface area contributed by atoms with Crippen molar-refractivity contribution >= 4 is 35.8 Å². The number of ether oxygens (including phenoxy) is 1. The van der Waals surface area contributed by atoms with E-state index >= 15 is 0 Å². The maximum Gasteiger partial charge on any atom is 0.140 e. The molecule has 2 aromatic rings. The summed E-state index contributed by atoms with van der Waals surface area (Å²) >= 11 is 16.0. The molecule has 0 unspecified atom stereocenters. The summed E-state index contributed by atoms with van der Waals surface area (Å²) < 4.78 is 5.62. The normalized spacial score (nSPS) is 9.89. The lowest BCUT2D eigenvalue weighted by atomic mass is 10.2. The zero-order chi connectivity index (χ0) is 13.1. The lowest BCUT2D eigenvalue weighted by molar-refractivity contribution is 0.471. The monoisotopic (exact) mass is 295 g/mol. The van der Waals surface area contributed by atoms with Crippen LogP contribution in [-0.2, 0) is 0 Å². The summed E-state index contributed by atoms with van der Waals surface area (Å²) in [5, 5.41) is 9.74. The van der Waals surface area contributed by atoms with E-state index in [1.54, 1.807) is 36.4 Å². The molecule has 0 spiro atoms. The molecule has 0 aliphatic rings. The highest BCUT2D eigenvalue weighted by Gasteiger charge is 2.05. The molecule has 0 fully saturated rings. The summed E-state index contributed by atoms with van der Waals surface area (Å²) in [4.78, 5) is 0.574. The van der Waals surface area contributed by atoms with Crippen LogP contribution >= 0.6 is 35.8 Å². The Balaban J connectivity index is 2.31. The van der Waals surface area contributed by atoms with Crippen LogP contribution in [0.25, 0.3) is 0 Å². The minimum atomic E-state index is 0.492. The van der Waals surface area contributed by atoms with Crippen molar-refractivity contribution in [3.8, 4) is 17.6 Å². The summed E-state index contributed by atoms with van der Waals surface area (Å²) in [6.45, 7) is 0. The van der Waals surface area contributed by atoms with E-state index < -0.39 is 0 Å². The van der Waals surface area contributed by atoms with Crippen LogP contribution in [0, 0.1) is 11.3 Å². The van der Waals surface area contributed by atoms with Crippen LogP contribution in [0.15, 0.2) is 41.3 Å². The predicted molar refractivity (Wildman–Crippen MR) is 74.9 cm³/mol. The molecule has 0 N–H and O–H groups in total. The van der Waals surface area contributed by atoms with Crippen LogP contribution in [0.2, 0.25) is 10.0 Å². The fourth-order valence-electron chi connectivity index (χ4n) is 1.39. The molecule has 90 valence electrons. The first kappa shape index (κ1) is 13.1. The van der Waals surface area contributed by atoms with Crippen molar-refractivity contribution in [2.24, 2.45) is 0 Å². The number of thiol groups is 1. The van der Waals surface area contributed by atoms with Crippen molar-refractivity contribution in [2.75, 3.05) is 0 Å². The molecule has 2 nitrogen and oxygen atoms in total. The lowest BCUT2D eigenvalue weighted by Crippen LogP contribution is -1.87. The van der Waals surface area contributed by atoms with Crippen LogP contribution in [-0.4, -0.2) is 0 Å². The highest BCUT2D eigenvalue weighted by molar-refractivity contribution is 7.80. The van der Waals surface area contributed by atoms with Gasteiger partial charge in [0.15, 0.2) is 0 Å². The number of nitrogens with zero attached hydrogens (tertiary/aromatic N) is 1. The van der Waals surface area contributed by atoms with Gasteiger partial charge < -0.3 is 4.74 Å². The molecular weight excluding hydrogens is 289 g/mol. The molecule has 5 heteroatoms. The van der Waals surface area contributed by atoms with Gasteiger partial charge in [-0.25, -0.2) is 0 Å². The summed E-state index contributed by atoms with van der Waals surface area (Å²) in [7, 11) is 0. The Morgan fingerprint density at radius 1 is 1.06 bits per heavy atom. The molecule has 0 aromatic heterocycles. The predicted octanol–water partition coefficient (Wildman–Crippen LogP) is 4.95. The number of halogens is 2. The van der Waals surface area contributed by atoms with Gasteiger partial charge in [0.1, 0.15) is 11.5 Å². The Morgan fingerprint density at radius 3 is 2.28 bits per heavy atom. The quantitative estimate of drug-likeness (QED) is 0.796. The van der Waals surface area contributed by atoms with Gasteiger partial charge >= 0.3 is 0 Å². The van der Waals surface area contributed by atoms with Gasteiger partial charge in [-0.05, 0) is 36.4 Å². The smallest absolute Gasteiger partial charge is 0.140 e. The molecule has 0 bridgehead atoms. The number of nitriles is 1. The molecule has 0 aliphatic carbocycles. The fraction of sp³-hybridized carbons (Fsp3) is 0. The average Bonchev–Trinajstić information content (AvgIpc) is 2.30. The summed E-state index contributed by atoms with van der Waals surface area (Å²) in [6, 6.07) is 11.9. The van der Waals surface area contributed by atoms with Crippen molar-refractivity contribution in [3.63, 3.8) is 0 Å². The third kappa shape index (κ3) is 3.11. The van der Waals surface area contributed by atoms with Gasteiger partial charge in [-0.3, -0.25) is 0 Å². The third-order valence-corrected chi connectivity index (χ3v) is 2.94. The maximum absolute atomic E-state index is 8.76. The average molecular weight is 296 g/mol. The molecule has 0 atom stereocenters. The Bertz CT molecular complexity index is 617. The van der Waals surface area contributed by atoms with Crippen molar-refractivity contribution in [3.05, 3.63) is 52.0 Å². The summed E-state index contributed by atoms with van der Waals surface area (Å²) in [6.07, 6.45) is 0. The first-order valence-corrected chi connectivity index (χ1v) is 6.16. The van der Waals surface area contributed by atoms with E-state index in [1.165, 1.54) is 0 Å². The van der Waals surface area contributed by atoms with Crippen LogP contribution in [0.1, 0.15) is 5.56 Å². The second-order valence-corrected chi connectivity index (χ2v) is 4.86. The SMILES string of the molecule is N#Cc1ccc(Oc2cc(Cl)cc(Cl)c2)c(S)c1. The zero-order valence-corrected chi connectivity index (χ0v) is 11.4. The fourth-order valence-corrected chi connectivity index (χ4v) is 2.15. The van der Waals surface area contributed by atoms with Gasteiger partial charge in [-0.1, -0.05) is 23.2 Å². The molecule has 0 saturated heterocycles. The number of benzene rings is 2. The van der Waals surface area contributed by atoms with E-state index in [0.29, 0.717) is 32.0 Å². The zero-order valence-electron chi connectivity index (χ0n) is 9.02. The molecule has 0 heterocycles. The lowest BCUT2D eigenvalue weighted by Gasteiger charge is -2.09. The molecule has 0 saturated carbocycles. The number of hydrogen-bond donors (Lipinski definition) is 1. The van der Waals surface area contributed by atoms with Gasteiger partial charge in [-0.15, -0.1) is 12.6 Å². The molecule has 2 rings (SSSR count). The third-order valence-electron chi connectivity index (χ3n) is 2.15. The Labute approximate surface area is 120 Å². The standard InChI is InChI=1S/C13H7Cl2NOS/c14-9-4-10(15)6-11(5-9)17-12-2-1-8(7-16)3-13(12)18/h1-6,18H. The van der Waals surface area contributed by atoms with E-state index in [2.05, 4.69) is 12.6 Å². The van der Waals surface area contributed by atoms with Crippen molar-refractivity contribution in [1.82, 2.24) is 0 Å². The summed E-state index contributed by atoms with van der Waals surface area (Å²) in [5.74, 6) is 1.06. The summed E-state index contributed by atoms with van der Waals surface area (Å²) in [5.41, 5.74) is 0.525. The van der Waals surface area contributed by atoms with Crippen molar-refractivity contribution in [2.45, 2.75) is 4.90 Å². The number of rotatable bonds is 2.